The Kier molecular flexibility index (Phi) is 4.58. The van der Waals surface area contributed by atoms with Crippen LogP contribution in [0.3, 0.4) is 0 Å². The molecule has 4 rings (SSSR count). The number of nitrogens with zero attached hydrogens (tertiary/aromatic N) is 2. The standard InChI is InChI=1S/C21H14FN3O2S/c22-17-10-4-5-11-18(17)25-20(27)16(19(26)23-21(25)28)13-15-9-6-12-24(15)14-7-2-1-3-8-14/h1-13H,(H,23,26,28). The first-order chi connectivity index (χ1) is 13.6. The molecule has 0 atom stereocenters. The Morgan fingerprint density at radius 3 is 2.39 bits per heavy atom. The summed E-state index contributed by atoms with van der Waals surface area (Å²) in [7, 11) is 0. The van der Waals surface area contributed by atoms with Crippen molar-refractivity contribution < 1.29 is 14.0 Å². The Morgan fingerprint density at radius 1 is 0.929 bits per heavy atom. The second-order valence-corrected chi connectivity index (χ2v) is 6.43. The van der Waals surface area contributed by atoms with Gasteiger partial charge in [-0.3, -0.25) is 14.9 Å². The van der Waals surface area contributed by atoms with E-state index in [-0.39, 0.29) is 16.4 Å². The number of aromatic nitrogens is 1. The van der Waals surface area contributed by atoms with Crippen molar-refractivity contribution in [1.82, 2.24) is 9.88 Å². The molecule has 1 aliphatic heterocycles. The van der Waals surface area contributed by atoms with E-state index in [1.54, 1.807) is 12.1 Å². The second-order valence-electron chi connectivity index (χ2n) is 6.05. The minimum absolute atomic E-state index is 0.0122. The molecular weight excluding hydrogens is 377 g/mol. The molecule has 1 aromatic heterocycles. The van der Waals surface area contributed by atoms with Crippen LogP contribution < -0.4 is 10.2 Å². The lowest BCUT2D eigenvalue weighted by Crippen LogP contribution is -2.54. The van der Waals surface area contributed by atoms with Crippen molar-refractivity contribution in [3.63, 3.8) is 0 Å². The van der Waals surface area contributed by atoms with Gasteiger partial charge in [-0.1, -0.05) is 30.3 Å². The zero-order valence-corrected chi connectivity index (χ0v) is 15.3. The van der Waals surface area contributed by atoms with Crippen molar-refractivity contribution in [2.75, 3.05) is 4.90 Å². The van der Waals surface area contributed by atoms with Gasteiger partial charge in [-0.05, 0) is 54.7 Å². The lowest BCUT2D eigenvalue weighted by molar-refractivity contribution is -0.122. The normalized spacial score (nSPS) is 15.8. The number of benzene rings is 2. The Morgan fingerprint density at radius 2 is 1.64 bits per heavy atom. The Hall–Kier alpha value is -3.58. The molecule has 1 fully saturated rings. The Balaban J connectivity index is 1.77. The van der Waals surface area contributed by atoms with E-state index < -0.39 is 17.6 Å². The second kappa shape index (κ2) is 7.21. The number of carbonyl (C=O) groups is 2. The average molecular weight is 391 g/mol. The number of anilines is 1. The number of rotatable bonds is 3. The van der Waals surface area contributed by atoms with Crippen molar-refractivity contribution in [1.29, 1.82) is 0 Å². The molecule has 1 saturated heterocycles. The predicted octanol–water partition coefficient (Wildman–Crippen LogP) is 3.45. The van der Waals surface area contributed by atoms with E-state index in [0.29, 0.717) is 5.69 Å². The minimum atomic E-state index is -0.681. The van der Waals surface area contributed by atoms with Crippen molar-refractivity contribution in [3.05, 3.63) is 90.0 Å². The fraction of sp³-hybridized carbons (Fsp3) is 0. The van der Waals surface area contributed by atoms with Gasteiger partial charge in [0.25, 0.3) is 11.8 Å². The lowest BCUT2D eigenvalue weighted by Gasteiger charge is -2.29. The number of carbonyl (C=O) groups excluding carboxylic acids is 2. The highest BCUT2D eigenvalue weighted by atomic mass is 32.1. The average Bonchev–Trinajstić information content (AvgIpc) is 3.15. The fourth-order valence-electron chi connectivity index (χ4n) is 2.99. The Labute approximate surface area is 165 Å². The van der Waals surface area contributed by atoms with E-state index >= 15 is 0 Å². The maximum atomic E-state index is 14.2. The molecule has 28 heavy (non-hydrogen) atoms. The number of para-hydroxylation sites is 2. The van der Waals surface area contributed by atoms with Gasteiger partial charge < -0.3 is 4.57 Å². The molecule has 2 amide bonds. The van der Waals surface area contributed by atoms with Gasteiger partial charge in [-0.25, -0.2) is 9.29 Å². The molecule has 3 aromatic rings. The van der Waals surface area contributed by atoms with Crippen LogP contribution in [0.4, 0.5) is 10.1 Å². The number of thiocarbonyl (C=S) groups is 1. The van der Waals surface area contributed by atoms with Gasteiger partial charge in [0.15, 0.2) is 5.11 Å². The highest BCUT2D eigenvalue weighted by Gasteiger charge is 2.35. The van der Waals surface area contributed by atoms with Crippen molar-refractivity contribution >= 4 is 40.9 Å². The summed E-state index contributed by atoms with van der Waals surface area (Å²) < 4.78 is 16.1. The first-order valence-corrected chi connectivity index (χ1v) is 8.86. The number of nitrogens with one attached hydrogen (secondary N) is 1. The number of hydrogen-bond acceptors (Lipinski definition) is 3. The summed E-state index contributed by atoms with van der Waals surface area (Å²) in [5.41, 5.74) is 1.37. The summed E-state index contributed by atoms with van der Waals surface area (Å²) in [6.07, 6.45) is 3.30. The van der Waals surface area contributed by atoms with E-state index in [0.717, 1.165) is 10.6 Å². The monoisotopic (exact) mass is 391 g/mol. The summed E-state index contributed by atoms with van der Waals surface area (Å²) in [4.78, 5) is 26.4. The molecule has 0 radical (unpaired) electrons. The van der Waals surface area contributed by atoms with Crippen LogP contribution in [0.2, 0.25) is 0 Å². The number of halogens is 1. The van der Waals surface area contributed by atoms with E-state index in [1.807, 2.05) is 47.2 Å². The zero-order chi connectivity index (χ0) is 19.7. The third-order valence-electron chi connectivity index (χ3n) is 4.30. The van der Waals surface area contributed by atoms with Gasteiger partial charge >= 0.3 is 0 Å². The van der Waals surface area contributed by atoms with Crippen LogP contribution in [0.1, 0.15) is 5.69 Å². The van der Waals surface area contributed by atoms with E-state index in [2.05, 4.69) is 5.32 Å². The summed E-state index contributed by atoms with van der Waals surface area (Å²) in [6.45, 7) is 0. The van der Waals surface area contributed by atoms with Crippen molar-refractivity contribution in [2.24, 2.45) is 0 Å². The van der Waals surface area contributed by atoms with Crippen LogP contribution in [0.5, 0.6) is 0 Å². The molecule has 7 heteroatoms. The van der Waals surface area contributed by atoms with Gasteiger partial charge in [0, 0.05) is 17.6 Å². The molecule has 0 unspecified atom stereocenters. The predicted molar refractivity (Wildman–Crippen MR) is 108 cm³/mol. The van der Waals surface area contributed by atoms with E-state index in [9.17, 15) is 14.0 Å². The minimum Gasteiger partial charge on any atom is -0.317 e. The molecular formula is C21H14FN3O2S. The molecule has 5 nitrogen and oxygen atoms in total. The highest BCUT2D eigenvalue weighted by Crippen LogP contribution is 2.25. The fourth-order valence-corrected chi connectivity index (χ4v) is 3.27. The van der Waals surface area contributed by atoms with E-state index in [4.69, 9.17) is 12.2 Å². The summed E-state index contributed by atoms with van der Waals surface area (Å²) in [6, 6.07) is 18.9. The lowest BCUT2D eigenvalue weighted by atomic mass is 10.1. The van der Waals surface area contributed by atoms with E-state index in [1.165, 1.54) is 24.3 Å². The SMILES string of the molecule is O=C1NC(=S)N(c2ccccc2F)C(=O)C1=Cc1cccn1-c1ccccc1. The van der Waals surface area contributed by atoms with Crippen molar-refractivity contribution in [3.8, 4) is 5.69 Å². The third kappa shape index (κ3) is 3.12. The van der Waals surface area contributed by atoms with Crippen LogP contribution in [0.15, 0.2) is 78.5 Å². The van der Waals surface area contributed by atoms with Gasteiger partial charge in [0.05, 0.1) is 5.69 Å². The third-order valence-corrected chi connectivity index (χ3v) is 4.59. The van der Waals surface area contributed by atoms with Gasteiger partial charge in [0.1, 0.15) is 11.4 Å². The molecule has 138 valence electrons. The van der Waals surface area contributed by atoms with Crippen LogP contribution in [-0.2, 0) is 9.59 Å². The van der Waals surface area contributed by atoms with Crippen LogP contribution >= 0.6 is 12.2 Å². The van der Waals surface area contributed by atoms with Gasteiger partial charge in [-0.2, -0.15) is 0 Å². The highest BCUT2D eigenvalue weighted by molar-refractivity contribution is 7.80. The smallest absolute Gasteiger partial charge is 0.270 e. The van der Waals surface area contributed by atoms with Gasteiger partial charge in [-0.15, -0.1) is 0 Å². The molecule has 2 aromatic carbocycles. The van der Waals surface area contributed by atoms with Crippen LogP contribution in [-0.4, -0.2) is 21.5 Å². The molecule has 1 N–H and O–H groups in total. The Bertz CT molecular complexity index is 1120. The largest absolute Gasteiger partial charge is 0.317 e. The maximum Gasteiger partial charge on any atom is 0.270 e. The summed E-state index contributed by atoms with van der Waals surface area (Å²) >= 11 is 5.10. The zero-order valence-electron chi connectivity index (χ0n) is 14.5. The van der Waals surface area contributed by atoms with Crippen molar-refractivity contribution in [2.45, 2.75) is 0 Å². The molecule has 0 aliphatic carbocycles. The quantitative estimate of drug-likeness (QED) is 0.423. The van der Waals surface area contributed by atoms with Crippen LogP contribution in [0.25, 0.3) is 11.8 Å². The maximum absolute atomic E-state index is 14.2. The summed E-state index contributed by atoms with van der Waals surface area (Å²) in [5, 5.41) is 2.30. The first kappa shape index (κ1) is 17.8. The van der Waals surface area contributed by atoms with Gasteiger partial charge in [0.2, 0.25) is 0 Å². The summed E-state index contributed by atoms with van der Waals surface area (Å²) in [5.74, 6) is -1.91. The number of amides is 2. The molecule has 0 spiro atoms. The topological polar surface area (TPSA) is 54.3 Å². The molecule has 2 heterocycles. The molecule has 0 bridgehead atoms. The number of hydrogen-bond donors (Lipinski definition) is 1. The first-order valence-electron chi connectivity index (χ1n) is 8.45. The van der Waals surface area contributed by atoms with Crippen LogP contribution in [0, 0.1) is 5.82 Å². The molecule has 1 aliphatic rings. The molecule has 0 saturated carbocycles.